The number of likely N-dealkylation sites (tertiary alicyclic amines) is 2. The Balaban J connectivity index is 2.85. The van der Waals surface area contributed by atoms with Crippen LogP contribution in [0.5, 0.6) is 0 Å². The highest BCUT2D eigenvalue weighted by Crippen LogP contribution is 2.68. The van der Waals surface area contributed by atoms with Crippen molar-refractivity contribution < 1.29 is 39.6 Å². The third-order valence-electron chi connectivity index (χ3n) is 17.2. The molecular weight excluding hydrogens is 805 g/mol. The number of unbranched alkanes of at least 4 members (excludes halogenated alkanes) is 20. The second-order valence-corrected chi connectivity index (χ2v) is 23.4. The predicted octanol–water partition coefficient (Wildman–Crippen LogP) is 13.7. The summed E-state index contributed by atoms with van der Waals surface area (Å²) < 4.78 is 0. The average Bonchev–Trinajstić information content (AvgIpc) is 3.18. The molecule has 64 heavy (non-hydrogen) atoms. The van der Waals surface area contributed by atoms with Crippen LogP contribution in [-0.4, -0.2) is 90.4 Å². The van der Waals surface area contributed by atoms with Crippen LogP contribution in [0.2, 0.25) is 0 Å². The summed E-state index contributed by atoms with van der Waals surface area (Å²) in [6, 6.07) is 0. The molecule has 4 N–H and O–H groups in total. The molecule has 4 atom stereocenters. The molecular formula is C54H100N2O8. The van der Waals surface area contributed by atoms with E-state index in [9.17, 15) is 30.0 Å². The van der Waals surface area contributed by atoms with Crippen LogP contribution in [0.1, 0.15) is 249 Å². The van der Waals surface area contributed by atoms with Gasteiger partial charge >= 0.3 is 23.9 Å². The van der Waals surface area contributed by atoms with Gasteiger partial charge in [0, 0.05) is 22.2 Å². The molecule has 0 amide bonds. The van der Waals surface area contributed by atoms with Gasteiger partial charge < -0.3 is 20.4 Å². The van der Waals surface area contributed by atoms with E-state index in [2.05, 4.69) is 23.6 Å². The summed E-state index contributed by atoms with van der Waals surface area (Å²) in [5.74, 6) is -10.7. The number of carboxylic acids is 4. The molecule has 2 rings (SSSR count). The van der Waals surface area contributed by atoms with E-state index in [1.807, 2.05) is 69.5 Å². The molecule has 0 aromatic rings. The lowest BCUT2D eigenvalue weighted by molar-refractivity contribution is -0.233. The molecule has 0 aromatic heterocycles. The Morgan fingerprint density at radius 3 is 0.812 bits per heavy atom. The molecule has 2 aliphatic heterocycles. The molecule has 0 bridgehead atoms. The number of carboxylic acid groups (broad SMARTS) is 4. The van der Waals surface area contributed by atoms with E-state index >= 15 is 9.59 Å². The van der Waals surface area contributed by atoms with Gasteiger partial charge in [0.25, 0.3) is 0 Å². The summed E-state index contributed by atoms with van der Waals surface area (Å²) in [5.41, 5.74) is -7.47. The van der Waals surface area contributed by atoms with Crippen molar-refractivity contribution in [3.05, 3.63) is 0 Å². The van der Waals surface area contributed by atoms with Crippen molar-refractivity contribution in [2.45, 2.75) is 271 Å². The summed E-state index contributed by atoms with van der Waals surface area (Å²) in [5, 5.41) is 48.0. The maximum Gasteiger partial charge on any atom is 0.312 e. The summed E-state index contributed by atoms with van der Waals surface area (Å²) in [6.45, 7) is 20.6. The van der Waals surface area contributed by atoms with Gasteiger partial charge in [-0.1, -0.05) is 155 Å². The van der Waals surface area contributed by atoms with E-state index < -0.39 is 80.5 Å². The molecule has 2 aliphatic rings. The molecule has 0 aromatic carbocycles. The molecule has 0 spiro atoms. The lowest BCUT2D eigenvalue weighted by atomic mass is 9.39. The fourth-order valence-corrected chi connectivity index (χ4v) is 13.3. The Hall–Kier alpha value is -2.20. The molecule has 2 heterocycles. The second-order valence-electron chi connectivity index (χ2n) is 23.4. The molecule has 0 saturated carbocycles. The average molecular weight is 905 g/mol. The first-order valence-electron chi connectivity index (χ1n) is 26.3. The lowest BCUT2D eigenvalue weighted by Crippen LogP contribution is -2.73. The molecule has 2 saturated heterocycles. The number of aliphatic carboxylic acids is 4. The van der Waals surface area contributed by atoms with E-state index in [0.717, 1.165) is 51.4 Å². The van der Waals surface area contributed by atoms with Gasteiger partial charge in [-0.05, 0) is 120 Å². The van der Waals surface area contributed by atoms with Crippen molar-refractivity contribution in [2.24, 2.45) is 34.5 Å². The quantitative estimate of drug-likeness (QED) is 0.0468. The number of nitrogens with zero attached hydrogens (tertiary/aromatic N) is 2. The predicted molar refractivity (Wildman–Crippen MR) is 262 cm³/mol. The molecule has 10 nitrogen and oxygen atoms in total. The Kier molecular flexibility index (Phi) is 23.4. The van der Waals surface area contributed by atoms with Crippen LogP contribution in [0.3, 0.4) is 0 Å². The van der Waals surface area contributed by atoms with Crippen molar-refractivity contribution in [3.63, 3.8) is 0 Å². The topological polar surface area (TPSA) is 156 Å². The summed E-state index contributed by atoms with van der Waals surface area (Å²) in [4.78, 5) is 63.4. The lowest BCUT2D eigenvalue weighted by Gasteiger charge is -2.65. The van der Waals surface area contributed by atoms with E-state index in [4.69, 9.17) is 0 Å². The zero-order valence-corrected chi connectivity index (χ0v) is 43.4. The summed E-state index contributed by atoms with van der Waals surface area (Å²) in [6.07, 6.45) is 23.8. The van der Waals surface area contributed by atoms with Crippen LogP contribution in [0, 0.1) is 34.5 Å². The molecule has 0 aliphatic carbocycles. The monoisotopic (exact) mass is 905 g/mol. The molecule has 4 unspecified atom stereocenters. The standard InChI is InChI=1S/C54H100N2O8/c1-13-15-17-19-21-23-25-27-29-31-33-35-43(45(57)58)53(47(61)62,41-37-49(3,4)55(11)50(5,6)38-41)54(48(63)64,42-39-51(7,8)56(12)52(9,10)40-42)44(46(59)60)36-34-32-30-28-26-24-22-20-18-16-14-2/h41-44H,13-40H2,1-12H3,(H,57,58)(H,59,60)(H,61,62)(H,63,64). The molecule has 10 heteroatoms. The van der Waals surface area contributed by atoms with Crippen molar-refractivity contribution in [2.75, 3.05) is 14.1 Å². The minimum Gasteiger partial charge on any atom is -0.481 e. The first kappa shape index (κ1) is 57.9. The van der Waals surface area contributed by atoms with Crippen LogP contribution in [0.25, 0.3) is 0 Å². The SMILES string of the molecule is CCCCCCCCCCCCCC(C(=O)O)C(C(=O)O)(C1CC(C)(C)N(C)C(C)(C)C1)C(C(=O)O)(C1CC(C)(C)N(C)C(C)(C)C1)C(CCCCCCCCCCCCC)C(=O)O. The Morgan fingerprint density at radius 1 is 0.422 bits per heavy atom. The highest BCUT2D eigenvalue weighted by molar-refractivity contribution is 5.95. The van der Waals surface area contributed by atoms with Gasteiger partial charge in [0.2, 0.25) is 0 Å². The van der Waals surface area contributed by atoms with E-state index in [1.165, 1.54) is 64.2 Å². The first-order valence-corrected chi connectivity index (χ1v) is 26.3. The Morgan fingerprint density at radius 2 is 0.625 bits per heavy atom. The molecule has 0 radical (unpaired) electrons. The van der Waals surface area contributed by atoms with Crippen LogP contribution >= 0.6 is 0 Å². The van der Waals surface area contributed by atoms with Crippen molar-refractivity contribution in [3.8, 4) is 0 Å². The van der Waals surface area contributed by atoms with E-state index in [-0.39, 0.29) is 38.5 Å². The minimum atomic E-state index is -2.45. The molecule has 2 fully saturated rings. The zero-order valence-electron chi connectivity index (χ0n) is 43.4. The van der Waals surface area contributed by atoms with Crippen LogP contribution < -0.4 is 0 Å². The van der Waals surface area contributed by atoms with Crippen molar-refractivity contribution in [1.82, 2.24) is 9.80 Å². The van der Waals surface area contributed by atoms with Crippen molar-refractivity contribution >= 4 is 23.9 Å². The first-order chi connectivity index (χ1) is 29.9. The van der Waals surface area contributed by atoms with Crippen molar-refractivity contribution in [1.29, 1.82) is 0 Å². The van der Waals surface area contributed by atoms with Gasteiger partial charge in [-0.3, -0.25) is 29.0 Å². The summed E-state index contributed by atoms with van der Waals surface area (Å²) >= 11 is 0. The van der Waals surface area contributed by atoms with Gasteiger partial charge in [0.1, 0.15) is 10.8 Å². The number of hydrogen-bond acceptors (Lipinski definition) is 6. The second kappa shape index (κ2) is 25.8. The van der Waals surface area contributed by atoms with Gasteiger partial charge in [-0.25, -0.2) is 0 Å². The van der Waals surface area contributed by atoms with E-state index in [1.54, 1.807) is 0 Å². The van der Waals surface area contributed by atoms with Gasteiger partial charge in [-0.15, -0.1) is 0 Å². The highest BCUT2D eigenvalue weighted by Gasteiger charge is 2.77. The number of rotatable bonds is 33. The minimum absolute atomic E-state index is 0.0227. The Labute approximate surface area is 391 Å². The number of carbonyl (C=O) groups is 4. The number of piperidine rings is 2. The third kappa shape index (κ3) is 14.2. The normalized spacial score (nSPS) is 22.0. The van der Waals surface area contributed by atoms with Crippen LogP contribution in [0.15, 0.2) is 0 Å². The zero-order chi connectivity index (χ0) is 48.6. The molecule has 374 valence electrons. The van der Waals surface area contributed by atoms with Crippen LogP contribution in [0.4, 0.5) is 0 Å². The van der Waals surface area contributed by atoms with Gasteiger partial charge in [-0.2, -0.15) is 0 Å². The Bertz CT molecular complexity index is 1300. The maximum atomic E-state index is 15.2. The maximum absolute atomic E-state index is 15.2. The smallest absolute Gasteiger partial charge is 0.312 e. The van der Waals surface area contributed by atoms with E-state index in [0.29, 0.717) is 25.7 Å². The van der Waals surface area contributed by atoms with Crippen LogP contribution in [-0.2, 0) is 19.2 Å². The van der Waals surface area contributed by atoms with Gasteiger partial charge in [0.15, 0.2) is 0 Å². The summed E-state index contributed by atoms with van der Waals surface area (Å²) in [7, 11) is 4.00. The number of hydrogen-bond donors (Lipinski definition) is 4. The highest BCUT2D eigenvalue weighted by atomic mass is 16.4. The largest absolute Gasteiger partial charge is 0.481 e. The fraction of sp³-hybridized carbons (Fsp3) is 0.926. The fourth-order valence-electron chi connectivity index (χ4n) is 13.3. The van der Waals surface area contributed by atoms with Gasteiger partial charge in [0.05, 0.1) is 11.8 Å². The third-order valence-corrected chi connectivity index (χ3v) is 17.2.